The van der Waals surface area contributed by atoms with Gasteiger partial charge < -0.3 is 9.47 Å². The van der Waals surface area contributed by atoms with Gasteiger partial charge in [-0.1, -0.05) is 0 Å². The van der Waals surface area contributed by atoms with Crippen molar-refractivity contribution in [1.82, 2.24) is 5.32 Å². The van der Waals surface area contributed by atoms with E-state index in [0.29, 0.717) is 24.7 Å². The fourth-order valence-corrected chi connectivity index (χ4v) is 1.69. The first-order valence-electron chi connectivity index (χ1n) is 4.99. The number of hydrogen-bond donors (Lipinski definition) is 1. The second kappa shape index (κ2) is 4.40. The topological polar surface area (TPSA) is 50.8 Å². The Kier molecular flexibility index (Phi) is 2.96. The van der Waals surface area contributed by atoms with Gasteiger partial charge in [-0.05, 0) is 12.1 Å². The van der Waals surface area contributed by atoms with E-state index in [1.165, 1.54) is 0 Å². The number of methoxy groups -OCH3 is 2. The smallest absolute Gasteiger partial charge is 0.242 e. The normalized spacial score (nSPS) is 15.4. The average Bonchev–Trinajstić information content (AvgIpc) is 2.74. The number of hydrogen-bond acceptors (Lipinski definition) is 4. The second-order valence-electron chi connectivity index (χ2n) is 3.45. The lowest BCUT2D eigenvalue weighted by atomic mass is 10.2. The highest BCUT2D eigenvalue weighted by molar-refractivity contribution is 5.96. The van der Waals surface area contributed by atoms with Crippen molar-refractivity contribution in [2.24, 2.45) is 0 Å². The van der Waals surface area contributed by atoms with Gasteiger partial charge >= 0.3 is 0 Å². The molecule has 86 valence electrons. The molecule has 1 aromatic rings. The van der Waals surface area contributed by atoms with Crippen LogP contribution in [0.1, 0.15) is 0 Å². The third-order valence-electron chi connectivity index (χ3n) is 2.53. The van der Waals surface area contributed by atoms with Gasteiger partial charge in [0.05, 0.1) is 27.4 Å². The summed E-state index contributed by atoms with van der Waals surface area (Å²) in [5.41, 5.74) is 0.813. The number of nitrogens with zero attached hydrogens (tertiary/aromatic N) is 1. The zero-order chi connectivity index (χ0) is 11.5. The van der Waals surface area contributed by atoms with Crippen molar-refractivity contribution in [1.29, 1.82) is 0 Å². The van der Waals surface area contributed by atoms with Crippen LogP contribution < -0.4 is 19.7 Å². The van der Waals surface area contributed by atoms with E-state index in [9.17, 15) is 4.79 Å². The van der Waals surface area contributed by atoms with Crippen LogP contribution in [0, 0.1) is 0 Å². The number of carbonyl (C=O) groups is 1. The van der Waals surface area contributed by atoms with E-state index >= 15 is 0 Å². The minimum Gasteiger partial charge on any atom is -0.493 e. The summed E-state index contributed by atoms with van der Waals surface area (Å²) in [5.74, 6) is 1.35. The third-order valence-corrected chi connectivity index (χ3v) is 2.53. The number of ether oxygens (including phenoxy) is 2. The molecule has 5 nitrogen and oxygen atoms in total. The summed E-state index contributed by atoms with van der Waals surface area (Å²) in [6.45, 7) is 0.919. The van der Waals surface area contributed by atoms with Gasteiger partial charge in [-0.3, -0.25) is 15.0 Å². The number of benzene rings is 1. The first-order chi connectivity index (χ1) is 7.76. The van der Waals surface area contributed by atoms with Crippen LogP contribution in [0.25, 0.3) is 0 Å². The number of nitrogens with one attached hydrogen (secondary N) is 1. The highest BCUT2D eigenvalue weighted by Gasteiger charge is 2.22. The van der Waals surface area contributed by atoms with Gasteiger partial charge in [-0.25, -0.2) is 0 Å². The number of anilines is 1. The molecule has 5 heteroatoms. The summed E-state index contributed by atoms with van der Waals surface area (Å²) in [5, 5.41) is 2.99. The molecule has 1 amide bonds. The molecule has 0 aliphatic carbocycles. The predicted octanol–water partition coefficient (Wildman–Crippen LogP) is 0.597. The Hall–Kier alpha value is -1.75. The van der Waals surface area contributed by atoms with Gasteiger partial charge in [-0.2, -0.15) is 0 Å². The Labute approximate surface area is 93.9 Å². The molecule has 0 radical (unpaired) electrons. The van der Waals surface area contributed by atoms with Crippen molar-refractivity contribution in [3.05, 3.63) is 18.2 Å². The van der Waals surface area contributed by atoms with Crippen molar-refractivity contribution < 1.29 is 14.3 Å². The van der Waals surface area contributed by atoms with Crippen LogP contribution in [0.4, 0.5) is 5.69 Å². The number of carbonyl (C=O) groups excluding carboxylic acids is 1. The molecule has 2 rings (SSSR count). The van der Waals surface area contributed by atoms with Crippen molar-refractivity contribution in [2.45, 2.75) is 0 Å². The van der Waals surface area contributed by atoms with E-state index in [1.807, 2.05) is 6.07 Å². The Balaban J connectivity index is 2.32. The van der Waals surface area contributed by atoms with E-state index in [4.69, 9.17) is 9.47 Å². The van der Waals surface area contributed by atoms with Crippen LogP contribution >= 0.6 is 0 Å². The Bertz CT molecular complexity index is 406. The fourth-order valence-electron chi connectivity index (χ4n) is 1.69. The Morgan fingerprint density at radius 1 is 1.25 bits per heavy atom. The molecule has 16 heavy (non-hydrogen) atoms. The maximum atomic E-state index is 11.5. The molecule has 0 atom stereocenters. The highest BCUT2D eigenvalue weighted by atomic mass is 16.5. The molecular formula is C11H14N2O3. The van der Waals surface area contributed by atoms with E-state index < -0.39 is 0 Å². The number of amides is 1. The van der Waals surface area contributed by atoms with E-state index in [0.717, 1.165) is 5.69 Å². The second-order valence-corrected chi connectivity index (χ2v) is 3.45. The molecule has 1 aromatic carbocycles. The summed E-state index contributed by atoms with van der Waals surface area (Å²) in [7, 11) is 3.16. The summed E-state index contributed by atoms with van der Waals surface area (Å²) in [6.07, 6.45) is 0. The maximum Gasteiger partial charge on any atom is 0.242 e. The Morgan fingerprint density at radius 3 is 2.56 bits per heavy atom. The minimum absolute atomic E-state index is 0.0622. The first kappa shape index (κ1) is 10.8. The van der Waals surface area contributed by atoms with Gasteiger partial charge in [0.25, 0.3) is 0 Å². The molecule has 1 saturated heterocycles. The lowest BCUT2D eigenvalue weighted by Gasteiger charge is -2.16. The predicted molar refractivity (Wildman–Crippen MR) is 59.9 cm³/mol. The van der Waals surface area contributed by atoms with Crippen LogP contribution in [0.5, 0.6) is 11.5 Å². The molecule has 0 aromatic heterocycles. The monoisotopic (exact) mass is 222 g/mol. The number of rotatable bonds is 3. The first-order valence-corrected chi connectivity index (χ1v) is 4.99. The standard InChI is InChI=1S/C11H14N2O3/c1-15-9-4-3-8(5-10(9)16-2)13-7-12-6-11(13)14/h3-5,12H,6-7H2,1-2H3. The third kappa shape index (κ3) is 1.81. The molecule has 1 aliphatic rings. The SMILES string of the molecule is COc1ccc(N2CNCC2=O)cc1OC. The molecule has 0 spiro atoms. The zero-order valence-corrected chi connectivity index (χ0v) is 9.32. The summed E-state index contributed by atoms with van der Waals surface area (Å²) >= 11 is 0. The zero-order valence-electron chi connectivity index (χ0n) is 9.32. The molecular weight excluding hydrogens is 208 g/mol. The highest BCUT2D eigenvalue weighted by Crippen LogP contribution is 2.31. The lowest BCUT2D eigenvalue weighted by molar-refractivity contribution is -0.116. The summed E-state index contributed by atoms with van der Waals surface area (Å²) in [6, 6.07) is 5.43. The van der Waals surface area contributed by atoms with Gasteiger partial charge in [0.2, 0.25) is 5.91 Å². The molecule has 0 bridgehead atoms. The molecule has 1 N–H and O–H groups in total. The van der Waals surface area contributed by atoms with Crippen molar-refractivity contribution in [3.63, 3.8) is 0 Å². The van der Waals surface area contributed by atoms with Gasteiger partial charge in [-0.15, -0.1) is 0 Å². The Morgan fingerprint density at radius 2 is 2.00 bits per heavy atom. The molecule has 1 aliphatic heterocycles. The summed E-state index contributed by atoms with van der Waals surface area (Å²) in [4.78, 5) is 13.2. The van der Waals surface area contributed by atoms with Crippen LogP contribution in [-0.4, -0.2) is 33.3 Å². The van der Waals surface area contributed by atoms with Crippen LogP contribution in [0.15, 0.2) is 18.2 Å². The average molecular weight is 222 g/mol. The summed E-state index contributed by atoms with van der Waals surface area (Å²) < 4.78 is 10.3. The van der Waals surface area contributed by atoms with Crippen LogP contribution in [0.3, 0.4) is 0 Å². The largest absolute Gasteiger partial charge is 0.493 e. The van der Waals surface area contributed by atoms with E-state index in [2.05, 4.69) is 5.32 Å². The minimum atomic E-state index is 0.0622. The molecule has 1 fully saturated rings. The molecule has 1 heterocycles. The van der Waals surface area contributed by atoms with Crippen molar-refractivity contribution in [3.8, 4) is 11.5 Å². The van der Waals surface area contributed by atoms with Crippen LogP contribution in [-0.2, 0) is 4.79 Å². The molecule has 0 saturated carbocycles. The lowest BCUT2D eigenvalue weighted by Crippen LogP contribution is -2.25. The van der Waals surface area contributed by atoms with Crippen LogP contribution in [0.2, 0.25) is 0 Å². The fraction of sp³-hybridized carbons (Fsp3) is 0.364. The maximum absolute atomic E-state index is 11.5. The van der Waals surface area contributed by atoms with Gasteiger partial charge in [0.1, 0.15) is 0 Å². The van der Waals surface area contributed by atoms with E-state index in [1.54, 1.807) is 31.3 Å². The van der Waals surface area contributed by atoms with Crippen molar-refractivity contribution in [2.75, 3.05) is 32.3 Å². The molecule has 0 unspecified atom stereocenters. The van der Waals surface area contributed by atoms with Gasteiger partial charge in [0, 0.05) is 11.8 Å². The quantitative estimate of drug-likeness (QED) is 0.813. The van der Waals surface area contributed by atoms with E-state index in [-0.39, 0.29) is 5.91 Å². The van der Waals surface area contributed by atoms with Crippen molar-refractivity contribution >= 4 is 11.6 Å². The van der Waals surface area contributed by atoms with Gasteiger partial charge in [0.15, 0.2) is 11.5 Å².